The zero-order chi connectivity index (χ0) is 23.7. The van der Waals surface area contributed by atoms with Gasteiger partial charge in [0.2, 0.25) is 0 Å². The molecule has 0 radical (unpaired) electrons. The van der Waals surface area contributed by atoms with Crippen LogP contribution in [0.2, 0.25) is 0 Å². The van der Waals surface area contributed by atoms with E-state index in [0.29, 0.717) is 11.3 Å². The molecule has 2 aromatic carbocycles. The molecule has 2 heterocycles. The van der Waals surface area contributed by atoms with Crippen molar-refractivity contribution < 1.29 is 19.6 Å². The number of aliphatic hydroxyl groups excluding tert-OH is 1. The molecule has 1 N–H and O–H groups in total. The van der Waals surface area contributed by atoms with Gasteiger partial charge in [-0.3, -0.25) is 29.6 Å². The highest BCUT2D eigenvalue weighted by atomic mass is 16.6. The summed E-state index contributed by atoms with van der Waals surface area (Å²) in [7, 11) is 0. The highest BCUT2D eigenvalue weighted by Gasteiger charge is 2.47. The van der Waals surface area contributed by atoms with Crippen LogP contribution >= 0.6 is 0 Å². The summed E-state index contributed by atoms with van der Waals surface area (Å²) in [4.78, 5) is 42.3. The Bertz CT molecular complexity index is 1270. The number of benzene rings is 2. The Morgan fingerprint density at radius 2 is 1.82 bits per heavy atom. The molecule has 1 saturated heterocycles. The molecule has 0 spiro atoms. The van der Waals surface area contributed by atoms with Crippen molar-refractivity contribution in [3.63, 3.8) is 0 Å². The van der Waals surface area contributed by atoms with E-state index in [-0.39, 0.29) is 22.7 Å². The fraction of sp³-hybridized carbons (Fsp3) is 0.160. The Morgan fingerprint density at radius 3 is 2.42 bits per heavy atom. The zero-order valence-electron chi connectivity index (χ0n) is 18.0. The predicted molar refractivity (Wildman–Crippen MR) is 123 cm³/mol. The minimum atomic E-state index is -0.942. The molecule has 0 aliphatic carbocycles. The molecule has 0 saturated carbocycles. The fourth-order valence-electron chi connectivity index (χ4n) is 3.89. The molecule has 0 bridgehead atoms. The number of carbonyl (C=O) groups excluding carboxylic acids is 2. The summed E-state index contributed by atoms with van der Waals surface area (Å²) in [6.07, 6.45) is 3.08. The molecule has 166 valence electrons. The van der Waals surface area contributed by atoms with Crippen LogP contribution in [0.4, 0.5) is 11.4 Å². The first kappa shape index (κ1) is 21.9. The number of non-ortho nitro benzene ring substituents is 1. The van der Waals surface area contributed by atoms with Crippen molar-refractivity contribution in [2.75, 3.05) is 4.90 Å². The van der Waals surface area contributed by atoms with Gasteiger partial charge in [0.05, 0.1) is 16.5 Å². The number of nitro benzene ring substituents is 1. The first-order valence-corrected chi connectivity index (χ1v) is 10.3. The average Bonchev–Trinajstić information content (AvgIpc) is 3.09. The monoisotopic (exact) mass is 443 g/mol. The summed E-state index contributed by atoms with van der Waals surface area (Å²) in [5.74, 6) is -1.86. The standard InChI is InChI=1S/C25H21N3O5/c1-15(2)16-8-10-19(11-9-16)27-22(18-6-4-12-26-14-18)21(24(30)25(27)31)23(29)17-5-3-7-20(13-17)28(32)33/h3-15,22,29H,1-2H3/b23-21-. The number of amides is 1. The van der Waals surface area contributed by atoms with E-state index < -0.39 is 28.4 Å². The maximum Gasteiger partial charge on any atom is 0.300 e. The number of Topliss-reactive ketones (excluding diaryl/α,β-unsaturated/α-hetero) is 1. The van der Waals surface area contributed by atoms with Gasteiger partial charge in [0.1, 0.15) is 5.76 Å². The van der Waals surface area contributed by atoms with Crippen LogP contribution in [-0.4, -0.2) is 26.7 Å². The average molecular weight is 443 g/mol. The Hall–Kier alpha value is -4.33. The first-order valence-electron chi connectivity index (χ1n) is 10.3. The van der Waals surface area contributed by atoms with Gasteiger partial charge in [-0.1, -0.05) is 44.2 Å². The van der Waals surface area contributed by atoms with Crippen LogP contribution in [0, 0.1) is 10.1 Å². The van der Waals surface area contributed by atoms with Gasteiger partial charge in [-0.05, 0) is 35.2 Å². The Morgan fingerprint density at radius 1 is 1.09 bits per heavy atom. The van der Waals surface area contributed by atoms with E-state index >= 15 is 0 Å². The lowest BCUT2D eigenvalue weighted by atomic mass is 9.96. The van der Waals surface area contributed by atoms with Crippen LogP contribution in [-0.2, 0) is 9.59 Å². The number of rotatable bonds is 5. The minimum Gasteiger partial charge on any atom is -0.507 e. The smallest absolute Gasteiger partial charge is 0.300 e. The van der Waals surface area contributed by atoms with Crippen molar-refractivity contribution in [2.24, 2.45) is 0 Å². The van der Waals surface area contributed by atoms with Gasteiger partial charge in [0, 0.05) is 35.8 Å². The maximum absolute atomic E-state index is 13.1. The largest absolute Gasteiger partial charge is 0.507 e. The van der Waals surface area contributed by atoms with Crippen molar-refractivity contribution >= 4 is 28.8 Å². The van der Waals surface area contributed by atoms with Crippen LogP contribution in [0.15, 0.2) is 78.6 Å². The molecule has 4 rings (SSSR count). The number of aromatic nitrogens is 1. The van der Waals surface area contributed by atoms with Crippen molar-refractivity contribution in [3.8, 4) is 0 Å². The molecule has 8 nitrogen and oxygen atoms in total. The van der Waals surface area contributed by atoms with E-state index in [1.54, 1.807) is 30.5 Å². The molecule has 1 aliphatic heterocycles. The van der Waals surface area contributed by atoms with E-state index in [2.05, 4.69) is 18.8 Å². The number of ketones is 1. The Labute approximate surface area is 190 Å². The third-order valence-corrected chi connectivity index (χ3v) is 5.61. The number of pyridine rings is 1. The molecule has 1 atom stereocenters. The van der Waals surface area contributed by atoms with E-state index in [4.69, 9.17) is 0 Å². The summed E-state index contributed by atoms with van der Waals surface area (Å²) in [6.45, 7) is 4.10. The molecular weight excluding hydrogens is 422 g/mol. The number of carbonyl (C=O) groups is 2. The summed E-state index contributed by atoms with van der Waals surface area (Å²) < 4.78 is 0. The van der Waals surface area contributed by atoms with Crippen LogP contribution in [0.25, 0.3) is 5.76 Å². The number of hydrogen-bond donors (Lipinski definition) is 1. The first-order chi connectivity index (χ1) is 15.8. The Balaban J connectivity index is 1.90. The van der Waals surface area contributed by atoms with Crippen LogP contribution < -0.4 is 4.90 Å². The highest BCUT2D eigenvalue weighted by molar-refractivity contribution is 6.51. The second-order valence-corrected chi connectivity index (χ2v) is 8.01. The van der Waals surface area contributed by atoms with E-state index in [9.17, 15) is 24.8 Å². The quantitative estimate of drug-likeness (QED) is 0.200. The number of hydrogen-bond acceptors (Lipinski definition) is 6. The minimum absolute atomic E-state index is 0.0752. The highest BCUT2D eigenvalue weighted by Crippen LogP contribution is 2.42. The third-order valence-electron chi connectivity index (χ3n) is 5.61. The van der Waals surface area contributed by atoms with E-state index in [1.807, 2.05) is 12.1 Å². The molecule has 1 fully saturated rings. The van der Waals surface area contributed by atoms with Gasteiger partial charge >= 0.3 is 0 Å². The number of nitrogens with zero attached hydrogens (tertiary/aromatic N) is 3. The molecule has 1 unspecified atom stereocenters. The van der Waals surface area contributed by atoms with Crippen LogP contribution in [0.5, 0.6) is 0 Å². The van der Waals surface area contributed by atoms with Gasteiger partial charge in [-0.25, -0.2) is 0 Å². The molecule has 33 heavy (non-hydrogen) atoms. The Kier molecular flexibility index (Phi) is 5.74. The fourth-order valence-corrected chi connectivity index (χ4v) is 3.89. The molecule has 3 aromatic rings. The zero-order valence-corrected chi connectivity index (χ0v) is 18.0. The summed E-state index contributed by atoms with van der Waals surface area (Å²) in [6, 6.07) is 15.0. The normalized spacial score (nSPS) is 17.5. The molecule has 1 aliphatic rings. The topological polar surface area (TPSA) is 114 Å². The van der Waals surface area contributed by atoms with Gasteiger partial charge < -0.3 is 5.11 Å². The molecule has 1 amide bonds. The van der Waals surface area contributed by atoms with Crippen molar-refractivity contribution in [1.82, 2.24) is 4.98 Å². The van der Waals surface area contributed by atoms with Crippen molar-refractivity contribution in [2.45, 2.75) is 25.8 Å². The maximum atomic E-state index is 13.1. The summed E-state index contributed by atoms with van der Waals surface area (Å²) in [5, 5.41) is 22.2. The lowest BCUT2D eigenvalue weighted by Gasteiger charge is -2.25. The van der Waals surface area contributed by atoms with Crippen LogP contribution in [0.3, 0.4) is 0 Å². The number of aliphatic hydroxyl groups is 1. The van der Waals surface area contributed by atoms with Gasteiger partial charge in [-0.2, -0.15) is 0 Å². The predicted octanol–water partition coefficient (Wildman–Crippen LogP) is 4.74. The summed E-state index contributed by atoms with van der Waals surface area (Å²) in [5.41, 5.74) is 1.78. The SMILES string of the molecule is CC(C)c1ccc(N2C(=O)C(=O)/C(=C(\O)c3cccc([N+](=O)[O-])c3)C2c2cccnc2)cc1. The second kappa shape index (κ2) is 8.66. The van der Waals surface area contributed by atoms with E-state index in [1.165, 1.54) is 35.4 Å². The van der Waals surface area contributed by atoms with Gasteiger partial charge in [0.25, 0.3) is 17.4 Å². The number of nitro groups is 1. The van der Waals surface area contributed by atoms with E-state index in [0.717, 1.165) is 5.56 Å². The molecular formula is C25H21N3O5. The van der Waals surface area contributed by atoms with Gasteiger partial charge in [0.15, 0.2) is 0 Å². The van der Waals surface area contributed by atoms with Gasteiger partial charge in [-0.15, -0.1) is 0 Å². The molecule has 1 aromatic heterocycles. The second-order valence-electron chi connectivity index (χ2n) is 8.01. The van der Waals surface area contributed by atoms with Crippen LogP contribution in [0.1, 0.15) is 42.5 Å². The lowest BCUT2D eigenvalue weighted by Crippen LogP contribution is -2.29. The van der Waals surface area contributed by atoms with Crippen molar-refractivity contribution in [1.29, 1.82) is 0 Å². The number of anilines is 1. The molecule has 8 heteroatoms. The third kappa shape index (κ3) is 3.98. The summed E-state index contributed by atoms with van der Waals surface area (Å²) >= 11 is 0. The lowest BCUT2D eigenvalue weighted by molar-refractivity contribution is -0.384. The van der Waals surface area contributed by atoms with Crippen molar-refractivity contribution in [3.05, 3.63) is 105 Å².